The van der Waals surface area contributed by atoms with Gasteiger partial charge >= 0.3 is 0 Å². The van der Waals surface area contributed by atoms with Gasteiger partial charge in [0, 0.05) is 25.6 Å². The predicted molar refractivity (Wildman–Crippen MR) is 141 cm³/mol. The number of nitrogens with zero attached hydrogens (tertiary/aromatic N) is 5. The van der Waals surface area contributed by atoms with E-state index in [1.54, 1.807) is 34.5 Å². The van der Waals surface area contributed by atoms with Gasteiger partial charge in [-0.1, -0.05) is 17.7 Å². The van der Waals surface area contributed by atoms with Crippen LogP contribution in [0.2, 0.25) is 5.02 Å². The zero-order chi connectivity index (χ0) is 25.7. The Kier molecular flexibility index (Phi) is 5.85. The summed E-state index contributed by atoms with van der Waals surface area (Å²) in [6.45, 7) is 0. The van der Waals surface area contributed by atoms with Gasteiger partial charge in [-0.3, -0.25) is 9.78 Å². The first-order valence-corrected chi connectivity index (χ1v) is 12.6. The normalized spacial score (nSPS) is 19.6. The topological polar surface area (TPSA) is 133 Å². The third-order valence-electron chi connectivity index (χ3n) is 7.01. The number of halogens is 1. The number of nitrogens with two attached hydrogens (primary N) is 1. The number of rotatable bonds is 7. The standard InChI is InChI=1S/C26H26ClN7O3/c1-33-23-22(27)21(37-20(11-28)16-4-2-3-9-29-16)12-30-24(23)32-26(33)31-17-10-15(14-5-6-14)13-34(25(17)36)18-7-8-19(18)35/h2-4,9-14,18-19,35H,5-8,28H2,1H3,(H,30,31,32)/b20-11+. The number of nitrogens with one attached hydrogen (secondary N) is 1. The zero-order valence-electron chi connectivity index (χ0n) is 20.1. The third-order valence-corrected chi connectivity index (χ3v) is 7.38. The number of aromatic nitrogens is 5. The summed E-state index contributed by atoms with van der Waals surface area (Å²) in [5.41, 5.74) is 8.55. The fourth-order valence-corrected chi connectivity index (χ4v) is 4.90. The largest absolute Gasteiger partial charge is 0.450 e. The van der Waals surface area contributed by atoms with E-state index < -0.39 is 6.10 Å². The second kappa shape index (κ2) is 9.20. The van der Waals surface area contributed by atoms with E-state index in [9.17, 15) is 9.90 Å². The van der Waals surface area contributed by atoms with Crippen LogP contribution in [0.25, 0.3) is 16.9 Å². The first-order chi connectivity index (χ1) is 17.9. The summed E-state index contributed by atoms with van der Waals surface area (Å²) in [5.74, 6) is 1.47. The summed E-state index contributed by atoms with van der Waals surface area (Å²) in [7, 11) is 1.78. The number of aliphatic hydroxyl groups is 1. The number of aliphatic hydroxyl groups excluding tert-OH is 1. The van der Waals surface area contributed by atoms with Gasteiger partial charge < -0.3 is 30.0 Å². The Bertz CT molecular complexity index is 1580. The van der Waals surface area contributed by atoms with Crippen LogP contribution < -0.4 is 21.3 Å². The Morgan fingerprint density at radius 3 is 2.76 bits per heavy atom. The highest BCUT2D eigenvalue weighted by molar-refractivity contribution is 6.36. The van der Waals surface area contributed by atoms with Crippen LogP contribution in [0.15, 0.2) is 53.9 Å². The minimum absolute atomic E-state index is 0.198. The van der Waals surface area contributed by atoms with E-state index >= 15 is 0 Å². The zero-order valence-corrected chi connectivity index (χ0v) is 20.9. The molecule has 2 fully saturated rings. The van der Waals surface area contributed by atoms with Crippen molar-refractivity contribution in [3.63, 3.8) is 0 Å². The van der Waals surface area contributed by atoms with Gasteiger partial charge in [0.05, 0.1) is 18.3 Å². The number of hydrogen-bond acceptors (Lipinski definition) is 8. The van der Waals surface area contributed by atoms with Crippen LogP contribution in [0.3, 0.4) is 0 Å². The first kappa shape index (κ1) is 23.5. The number of anilines is 2. The highest BCUT2D eigenvalue weighted by atomic mass is 35.5. The van der Waals surface area contributed by atoms with Crippen LogP contribution in [0.4, 0.5) is 11.6 Å². The maximum absolute atomic E-state index is 13.4. The lowest BCUT2D eigenvalue weighted by Crippen LogP contribution is -2.39. The van der Waals surface area contributed by atoms with Crippen LogP contribution in [-0.4, -0.2) is 35.3 Å². The van der Waals surface area contributed by atoms with Gasteiger partial charge in [-0.25, -0.2) is 4.98 Å². The van der Waals surface area contributed by atoms with Crippen LogP contribution in [0, 0.1) is 0 Å². The average molecular weight is 520 g/mol. The summed E-state index contributed by atoms with van der Waals surface area (Å²) < 4.78 is 9.35. The first-order valence-electron chi connectivity index (χ1n) is 12.2. The van der Waals surface area contributed by atoms with Crippen LogP contribution in [0.1, 0.15) is 48.9 Å². The smallest absolute Gasteiger partial charge is 0.274 e. The van der Waals surface area contributed by atoms with Crippen molar-refractivity contribution in [1.82, 2.24) is 24.1 Å². The second-order valence-electron chi connectivity index (χ2n) is 9.46. The highest BCUT2D eigenvalue weighted by Gasteiger charge is 2.33. The molecule has 0 saturated heterocycles. The molecular formula is C26H26ClN7O3. The molecule has 4 heterocycles. The predicted octanol–water partition coefficient (Wildman–Crippen LogP) is 3.83. The minimum Gasteiger partial charge on any atom is -0.450 e. The average Bonchev–Trinajstić information content (AvgIpc) is 3.70. The van der Waals surface area contributed by atoms with E-state index in [-0.39, 0.29) is 11.6 Å². The molecule has 2 aliphatic carbocycles. The Balaban J connectivity index is 1.35. The quantitative estimate of drug-likeness (QED) is 0.314. The Hall–Kier alpha value is -3.89. The van der Waals surface area contributed by atoms with E-state index in [1.165, 1.54) is 12.4 Å². The summed E-state index contributed by atoms with van der Waals surface area (Å²) >= 11 is 6.73. The van der Waals surface area contributed by atoms with Gasteiger partial charge in [0.15, 0.2) is 17.2 Å². The lowest BCUT2D eigenvalue weighted by molar-refractivity contribution is 0.0299. The molecule has 4 aromatic rings. The molecule has 0 aliphatic heterocycles. The van der Waals surface area contributed by atoms with E-state index in [1.807, 2.05) is 18.3 Å². The molecule has 2 aliphatic rings. The Labute approximate surface area is 217 Å². The molecule has 4 aromatic heterocycles. The van der Waals surface area contributed by atoms with E-state index in [0.29, 0.717) is 57.4 Å². The highest BCUT2D eigenvalue weighted by Crippen LogP contribution is 2.42. The van der Waals surface area contributed by atoms with Crippen molar-refractivity contribution in [3.05, 3.63) is 75.7 Å². The maximum atomic E-state index is 13.4. The minimum atomic E-state index is -0.504. The number of fused-ring (bicyclic) bond motifs is 1. The van der Waals surface area contributed by atoms with E-state index in [0.717, 1.165) is 24.8 Å². The lowest BCUT2D eigenvalue weighted by Gasteiger charge is -2.34. The molecule has 37 heavy (non-hydrogen) atoms. The summed E-state index contributed by atoms with van der Waals surface area (Å²) in [6, 6.07) is 7.08. The molecule has 0 bridgehead atoms. The summed E-state index contributed by atoms with van der Waals surface area (Å²) in [5, 5.41) is 13.7. The van der Waals surface area contributed by atoms with Gasteiger partial charge in [-0.05, 0) is 55.4 Å². The van der Waals surface area contributed by atoms with Crippen molar-refractivity contribution in [1.29, 1.82) is 0 Å². The van der Waals surface area contributed by atoms with E-state index in [4.69, 9.17) is 22.1 Å². The van der Waals surface area contributed by atoms with E-state index in [2.05, 4.69) is 20.3 Å². The third kappa shape index (κ3) is 4.21. The van der Waals surface area contributed by atoms with Crippen molar-refractivity contribution < 1.29 is 9.84 Å². The molecule has 190 valence electrons. The molecule has 0 amide bonds. The molecule has 10 nitrogen and oxygen atoms in total. The Morgan fingerprint density at radius 2 is 2.11 bits per heavy atom. The van der Waals surface area contributed by atoms with Gasteiger partial charge in [0.1, 0.15) is 21.9 Å². The molecular weight excluding hydrogens is 494 g/mol. The number of hydrogen-bond donors (Lipinski definition) is 3. The molecule has 2 atom stereocenters. The molecule has 2 saturated carbocycles. The Morgan fingerprint density at radius 1 is 1.27 bits per heavy atom. The fourth-order valence-electron chi connectivity index (χ4n) is 4.60. The second-order valence-corrected chi connectivity index (χ2v) is 9.84. The van der Waals surface area contributed by atoms with Crippen molar-refractivity contribution in [2.45, 2.75) is 43.7 Å². The number of pyridine rings is 3. The molecule has 2 unspecified atom stereocenters. The molecule has 6 rings (SSSR count). The van der Waals surface area contributed by atoms with Crippen molar-refractivity contribution in [3.8, 4) is 5.75 Å². The summed E-state index contributed by atoms with van der Waals surface area (Å²) in [4.78, 5) is 26.6. The maximum Gasteiger partial charge on any atom is 0.274 e. The van der Waals surface area contributed by atoms with Gasteiger partial charge in [0.25, 0.3) is 5.56 Å². The number of imidazole rings is 1. The number of aryl methyl sites for hydroxylation is 1. The van der Waals surface area contributed by atoms with Crippen molar-refractivity contribution >= 4 is 40.2 Å². The van der Waals surface area contributed by atoms with Crippen LogP contribution in [0.5, 0.6) is 5.75 Å². The van der Waals surface area contributed by atoms with Crippen molar-refractivity contribution in [2.24, 2.45) is 12.8 Å². The number of ether oxygens (including phenoxy) is 1. The molecule has 0 radical (unpaired) electrons. The van der Waals surface area contributed by atoms with Gasteiger partial charge in [-0.2, -0.15) is 4.98 Å². The molecule has 4 N–H and O–H groups in total. The monoisotopic (exact) mass is 519 g/mol. The molecule has 0 aromatic carbocycles. The summed E-state index contributed by atoms with van der Waals surface area (Å²) in [6.07, 6.45) is 9.50. The van der Waals surface area contributed by atoms with Gasteiger partial charge in [-0.15, -0.1) is 0 Å². The van der Waals surface area contributed by atoms with Gasteiger partial charge in [0.2, 0.25) is 5.95 Å². The molecule has 0 spiro atoms. The van der Waals surface area contributed by atoms with Crippen molar-refractivity contribution in [2.75, 3.05) is 5.32 Å². The fraction of sp³-hybridized carbons (Fsp3) is 0.308. The van der Waals surface area contributed by atoms with Crippen LogP contribution >= 0.6 is 11.6 Å². The lowest BCUT2D eigenvalue weighted by atomic mass is 9.88. The SMILES string of the molecule is Cn1c(Nc2cc(C3CC3)cn(C3CCC3O)c2=O)nc2ncc(O/C(=C/N)c3ccccn3)c(Cl)c21. The van der Waals surface area contributed by atoms with Crippen LogP contribution in [-0.2, 0) is 7.05 Å². The molecule has 11 heteroatoms.